The van der Waals surface area contributed by atoms with Crippen LogP contribution in [-0.2, 0) is 0 Å². The molecule has 0 atom stereocenters. The molecule has 0 aliphatic rings. The zero-order valence-electron chi connectivity index (χ0n) is 14.5. The summed E-state index contributed by atoms with van der Waals surface area (Å²) in [6.07, 6.45) is 0. The van der Waals surface area contributed by atoms with Crippen LogP contribution in [0.2, 0.25) is 5.02 Å². The lowest BCUT2D eigenvalue weighted by molar-refractivity contribution is 0.0950. The van der Waals surface area contributed by atoms with Crippen molar-refractivity contribution in [2.45, 2.75) is 13.8 Å². The van der Waals surface area contributed by atoms with E-state index in [1.807, 2.05) is 38.1 Å². The van der Waals surface area contributed by atoms with E-state index >= 15 is 0 Å². The molecule has 0 saturated carbocycles. The number of fused-ring (bicyclic) bond motifs is 1. The Bertz CT molecular complexity index is 965. The molecule has 0 aliphatic heterocycles. The Morgan fingerprint density at radius 1 is 1.04 bits per heavy atom. The van der Waals surface area contributed by atoms with Gasteiger partial charge in [-0.2, -0.15) is 0 Å². The number of carbonyl (C=O) groups is 2. The van der Waals surface area contributed by atoms with Crippen molar-refractivity contribution in [2.75, 3.05) is 11.9 Å². The first-order valence-electron chi connectivity index (χ1n) is 8.33. The Labute approximate surface area is 161 Å². The third kappa shape index (κ3) is 3.89. The number of rotatable bonds is 5. The first-order valence-corrected chi connectivity index (χ1v) is 9.52. The molecule has 0 radical (unpaired) electrons. The number of carbonyl (C=O) groups excluding carboxylic acids is 2. The number of benzene rings is 2. The minimum Gasteiger partial charge on any atom is -0.352 e. The van der Waals surface area contributed by atoms with E-state index in [0.29, 0.717) is 33.6 Å². The Morgan fingerprint density at radius 3 is 2.46 bits per heavy atom. The minimum absolute atomic E-state index is 0.211. The fourth-order valence-electron chi connectivity index (χ4n) is 2.52. The molecule has 0 aliphatic carbocycles. The van der Waals surface area contributed by atoms with Crippen LogP contribution in [0, 0.1) is 5.92 Å². The number of halogens is 1. The standard InChI is InChI=1S/C20H19ClN2O2S/c1-12(2)11-22-19(24)13-7-3-5-9-15(13)23-20(25)18-17(21)14-8-4-6-10-16(14)26-18/h3-10,12H,11H2,1-2H3,(H,22,24)(H,23,25). The lowest BCUT2D eigenvalue weighted by atomic mass is 10.1. The van der Waals surface area contributed by atoms with Crippen LogP contribution in [0.25, 0.3) is 10.1 Å². The summed E-state index contributed by atoms with van der Waals surface area (Å²) in [6.45, 7) is 4.62. The van der Waals surface area contributed by atoms with Crippen LogP contribution in [0.4, 0.5) is 5.69 Å². The number of nitrogens with one attached hydrogen (secondary N) is 2. The highest BCUT2D eigenvalue weighted by atomic mass is 35.5. The molecule has 4 nitrogen and oxygen atoms in total. The molecular formula is C20H19ClN2O2S. The molecule has 0 bridgehead atoms. The smallest absolute Gasteiger partial charge is 0.267 e. The highest BCUT2D eigenvalue weighted by molar-refractivity contribution is 7.21. The highest BCUT2D eigenvalue weighted by Gasteiger charge is 2.19. The van der Waals surface area contributed by atoms with E-state index in [1.165, 1.54) is 11.3 Å². The third-order valence-corrected chi connectivity index (χ3v) is 5.51. The van der Waals surface area contributed by atoms with Crippen LogP contribution < -0.4 is 10.6 Å². The lowest BCUT2D eigenvalue weighted by Gasteiger charge is -2.12. The average molecular weight is 387 g/mol. The molecule has 2 aromatic carbocycles. The van der Waals surface area contributed by atoms with Crippen molar-refractivity contribution >= 4 is 50.5 Å². The van der Waals surface area contributed by atoms with Gasteiger partial charge in [0, 0.05) is 16.6 Å². The summed E-state index contributed by atoms with van der Waals surface area (Å²) >= 11 is 7.71. The molecule has 6 heteroatoms. The van der Waals surface area contributed by atoms with E-state index in [1.54, 1.807) is 24.3 Å². The van der Waals surface area contributed by atoms with Crippen molar-refractivity contribution < 1.29 is 9.59 Å². The summed E-state index contributed by atoms with van der Waals surface area (Å²) in [5.74, 6) is -0.185. The predicted octanol–water partition coefficient (Wildman–Crippen LogP) is 5.19. The van der Waals surface area contributed by atoms with Crippen LogP contribution in [0.3, 0.4) is 0 Å². The molecule has 0 spiro atoms. The Hall–Kier alpha value is -2.37. The summed E-state index contributed by atoms with van der Waals surface area (Å²) in [5.41, 5.74) is 0.894. The number of thiophene rings is 1. The van der Waals surface area contributed by atoms with Crippen LogP contribution in [0.5, 0.6) is 0 Å². The summed E-state index contributed by atoms with van der Waals surface area (Å²) in [7, 11) is 0. The topological polar surface area (TPSA) is 58.2 Å². The van der Waals surface area contributed by atoms with Gasteiger partial charge in [-0.15, -0.1) is 11.3 Å². The number of para-hydroxylation sites is 1. The molecule has 26 heavy (non-hydrogen) atoms. The highest BCUT2D eigenvalue weighted by Crippen LogP contribution is 2.35. The van der Waals surface area contributed by atoms with Gasteiger partial charge in [-0.05, 0) is 24.1 Å². The van der Waals surface area contributed by atoms with Gasteiger partial charge in [-0.25, -0.2) is 0 Å². The summed E-state index contributed by atoms with van der Waals surface area (Å²) in [6, 6.07) is 14.6. The fraction of sp³-hybridized carbons (Fsp3) is 0.200. The molecule has 0 fully saturated rings. The van der Waals surface area contributed by atoms with Gasteiger partial charge in [0.15, 0.2) is 0 Å². The van der Waals surface area contributed by atoms with Gasteiger partial charge in [0.05, 0.1) is 16.3 Å². The zero-order chi connectivity index (χ0) is 18.7. The zero-order valence-corrected chi connectivity index (χ0v) is 16.1. The Kier molecular flexibility index (Phi) is 5.59. The maximum Gasteiger partial charge on any atom is 0.267 e. The number of hydrogen-bond donors (Lipinski definition) is 2. The van der Waals surface area contributed by atoms with Crippen LogP contribution in [0.1, 0.15) is 33.9 Å². The quantitative estimate of drug-likeness (QED) is 0.633. The monoisotopic (exact) mass is 386 g/mol. The maximum absolute atomic E-state index is 12.7. The molecule has 3 aromatic rings. The molecule has 2 amide bonds. The van der Waals surface area contributed by atoms with Crippen molar-refractivity contribution in [3.05, 3.63) is 64.0 Å². The van der Waals surface area contributed by atoms with E-state index in [0.717, 1.165) is 10.1 Å². The molecular weight excluding hydrogens is 368 g/mol. The predicted molar refractivity (Wildman–Crippen MR) is 108 cm³/mol. The number of amides is 2. The summed E-state index contributed by atoms with van der Waals surface area (Å²) in [4.78, 5) is 25.6. The van der Waals surface area contributed by atoms with E-state index in [2.05, 4.69) is 10.6 Å². The molecule has 1 aromatic heterocycles. The van der Waals surface area contributed by atoms with Gasteiger partial charge in [0.25, 0.3) is 11.8 Å². The molecule has 0 saturated heterocycles. The number of hydrogen-bond acceptors (Lipinski definition) is 3. The van der Waals surface area contributed by atoms with Gasteiger partial charge in [0.1, 0.15) is 4.88 Å². The Morgan fingerprint density at radius 2 is 1.73 bits per heavy atom. The van der Waals surface area contributed by atoms with Crippen molar-refractivity contribution in [3.8, 4) is 0 Å². The van der Waals surface area contributed by atoms with Crippen molar-refractivity contribution in [1.29, 1.82) is 0 Å². The van der Waals surface area contributed by atoms with Gasteiger partial charge >= 0.3 is 0 Å². The molecule has 0 unspecified atom stereocenters. The van der Waals surface area contributed by atoms with E-state index in [9.17, 15) is 9.59 Å². The first-order chi connectivity index (χ1) is 12.5. The molecule has 3 rings (SSSR count). The van der Waals surface area contributed by atoms with Gasteiger partial charge in [-0.1, -0.05) is 55.8 Å². The number of anilines is 1. The second kappa shape index (κ2) is 7.89. The second-order valence-electron chi connectivity index (χ2n) is 6.34. The SMILES string of the molecule is CC(C)CNC(=O)c1ccccc1NC(=O)c1sc2ccccc2c1Cl. The second-order valence-corrected chi connectivity index (χ2v) is 7.78. The summed E-state index contributed by atoms with van der Waals surface area (Å²) in [5, 5.41) is 6.98. The fourth-order valence-corrected chi connectivity index (χ4v) is 3.93. The summed E-state index contributed by atoms with van der Waals surface area (Å²) < 4.78 is 0.950. The lowest BCUT2D eigenvalue weighted by Crippen LogP contribution is -2.28. The minimum atomic E-state index is -0.319. The third-order valence-electron chi connectivity index (χ3n) is 3.83. The first kappa shape index (κ1) is 18.4. The van der Waals surface area contributed by atoms with Crippen molar-refractivity contribution in [1.82, 2.24) is 5.32 Å². The van der Waals surface area contributed by atoms with Crippen molar-refractivity contribution in [3.63, 3.8) is 0 Å². The van der Waals surface area contributed by atoms with Crippen LogP contribution >= 0.6 is 22.9 Å². The Balaban J connectivity index is 1.85. The average Bonchev–Trinajstić information content (AvgIpc) is 2.97. The van der Waals surface area contributed by atoms with Gasteiger partial charge in [0.2, 0.25) is 0 Å². The molecule has 134 valence electrons. The van der Waals surface area contributed by atoms with Crippen LogP contribution in [0.15, 0.2) is 48.5 Å². The largest absolute Gasteiger partial charge is 0.352 e. The van der Waals surface area contributed by atoms with Gasteiger partial charge < -0.3 is 10.6 Å². The van der Waals surface area contributed by atoms with Crippen LogP contribution in [-0.4, -0.2) is 18.4 Å². The van der Waals surface area contributed by atoms with E-state index in [4.69, 9.17) is 11.6 Å². The van der Waals surface area contributed by atoms with Gasteiger partial charge in [-0.3, -0.25) is 9.59 Å². The van der Waals surface area contributed by atoms with E-state index < -0.39 is 0 Å². The maximum atomic E-state index is 12.7. The van der Waals surface area contributed by atoms with Crippen molar-refractivity contribution in [2.24, 2.45) is 5.92 Å². The molecule has 1 heterocycles. The van der Waals surface area contributed by atoms with E-state index in [-0.39, 0.29) is 11.8 Å². The molecule has 2 N–H and O–H groups in total. The normalized spacial score (nSPS) is 10.9.